The van der Waals surface area contributed by atoms with Gasteiger partial charge in [0.1, 0.15) is 18.0 Å². The number of halogens is 3. The van der Waals surface area contributed by atoms with Gasteiger partial charge < -0.3 is 15.2 Å². The van der Waals surface area contributed by atoms with Crippen molar-refractivity contribution in [1.82, 2.24) is 14.7 Å². The molecule has 8 nitrogen and oxygen atoms in total. The maximum atomic E-state index is 16.0. The normalized spacial score (nSPS) is 22.9. The molecule has 11 heteroatoms. The molecule has 4 atom stereocenters. The Morgan fingerprint density at radius 2 is 1.93 bits per heavy atom. The van der Waals surface area contributed by atoms with E-state index in [1.165, 1.54) is 18.2 Å². The van der Waals surface area contributed by atoms with Crippen LogP contribution in [0.3, 0.4) is 0 Å². The first-order chi connectivity index (χ1) is 21.0. The van der Waals surface area contributed by atoms with Gasteiger partial charge in [0.15, 0.2) is 0 Å². The topological polar surface area (TPSA) is 96.7 Å². The van der Waals surface area contributed by atoms with Crippen LogP contribution in [0.4, 0.5) is 10.1 Å². The number of nitrogens with zero attached hydrogens (tertiary/aromatic N) is 3. The van der Waals surface area contributed by atoms with Crippen LogP contribution < -0.4 is 10.1 Å². The van der Waals surface area contributed by atoms with Crippen molar-refractivity contribution in [1.29, 1.82) is 0 Å². The van der Waals surface area contributed by atoms with Crippen molar-refractivity contribution >= 4 is 51.7 Å². The molecule has 2 N–H and O–H groups in total. The molecule has 1 aromatic heterocycles. The van der Waals surface area contributed by atoms with Crippen LogP contribution >= 0.6 is 23.2 Å². The summed E-state index contributed by atoms with van der Waals surface area (Å²) in [6, 6.07) is 16.2. The number of carbonyl (C=O) groups is 2. The Kier molecular flexibility index (Phi) is 7.90. The molecule has 3 aromatic carbocycles. The van der Waals surface area contributed by atoms with Crippen LogP contribution in [0.2, 0.25) is 10.0 Å². The molecule has 228 valence electrons. The van der Waals surface area contributed by atoms with Gasteiger partial charge in [0.25, 0.3) is 0 Å². The van der Waals surface area contributed by atoms with E-state index in [-0.39, 0.29) is 35.1 Å². The van der Waals surface area contributed by atoms with Crippen LogP contribution in [-0.4, -0.2) is 56.4 Å². The number of carbonyl (C=O) groups excluding carboxylic acids is 1. The van der Waals surface area contributed by atoms with Crippen LogP contribution in [0.25, 0.3) is 10.9 Å². The van der Waals surface area contributed by atoms with Crippen LogP contribution in [0.5, 0.6) is 5.88 Å². The summed E-state index contributed by atoms with van der Waals surface area (Å²) in [6.45, 7) is 6.71. The number of nitrogens with one attached hydrogen (secondary N) is 1. The molecular weight excluding hydrogens is 606 g/mol. The number of carboxylic acids is 1. The number of aromatic nitrogens is 2. The fraction of sp³-hybridized carbons (Fsp3) is 0.303. The van der Waals surface area contributed by atoms with E-state index in [2.05, 4.69) is 10.2 Å². The Morgan fingerprint density at radius 3 is 2.66 bits per heavy atom. The number of hydrogen-bond donors (Lipinski definition) is 2. The fourth-order valence-electron chi connectivity index (χ4n) is 6.71. The zero-order chi connectivity index (χ0) is 31.3. The summed E-state index contributed by atoms with van der Waals surface area (Å²) in [5, 5.41) is 18.4. The number of hydrogen-bond acceptors (Lipinski definition) is 5. The van der Waals surface area contributed by atoms with Crippen molar-refractivity contribution in [3.63, 3.8) is 0 Å². The van der Waals surface area contributed by atoms with Gasteiger partial charge in [-0.3, -0.25) is 9.69 Å². The second kappa shape index (κ2) is 11.5. The summed E-state index contributed by atoms with van der Waals surface area (Å²) in [5.41, 5.74) is 1.24. The van der Waals surface area contributed by atoms with Crippen molar-refractivity contribution in [3.8, 4) is 5.88 Å². The highest BCUT2D eigenvalue weighted by molar-refractivity contribution is 6.31. The number of carboxylic acid groups (broad SMARTS) is 1. The second-order valence-corrected chi connectivity index (χ2v) is 12.6. The Balaban J connectivity index is 1.52. The third-order valence-electron chi connectivity index (χ3n) is 8.79. The Bertz CT molecular complexity index is 1820. The lowest BCUT2D eigenvalue weighted by atomic mass is 9.74. The first-order valence-corrected chi connectivity index (χ1v) is 15.0. The maximum absolute atomic E-state index is 16.0. The highest BCUT2D eigenvalue weighted by Crippen LogP contribution is 2.53. The highest BCUT2D eigenvalue weighted by atomic mass is 35.5. The fourth-order valence-corrected chi connectivity index (χ4v) is 7.08. The summed E-state index contributed by atoms with van der Waals surface area (Å²) in [7, 11) is 0. The van der Waals surface area contributed by atoms with Crippen molar-refractivity contribution in [3.05, 3.63) is 99.3 Å². The lowest BCUT2D eigenvalue weighted by Gasteiger charge is -2.40. The van der Waals surface area contributed by atoms with Gasteiger partial charge in [-0.1, -0.05) is 53.1 Å². The molecule has 3 heterocycles. The first-order valence-electron chi connectivity index (χ1n) is 14.3. The molecule has 0 unspecified atom stereocenters. The highest BCUT2D eigenvalue weighted by Gasteiger charge is 2.61. The number of fused-ring (bicyclic) bond motifs is 4. The smallest absolute Gasteiger partial charge is 0.335 e. The third kappa shape index (κ3) is 5.12. The van der Waals surface area contributed by atoms with E-state index in [1.807, 2.05) is 26.8 Å². The quantitative estimate of drug-likeness (QED) is 0.221. The molecule has 0 bridgehead atoms. The van der Waals surface area contributed by atoms with Crippen LogP contribution in [0.15, 0.2) is 72.3 Å². The average Bonchev–Trinajstić information content (AvgIpc) is 3.36. The third-order valence-corrected chi connectivity index (χ3v) is 9.32. The van der Waals surface area contributed by atoms with E-state index < -0.39 is 23.2 Å². The molecule has 44 heavy (non-hydrogen) atoms. The molecule has 1 amide bonds. The number of aromatic carboxylic acids is 1. The lowest BCUT2D eigenvalue weighted by molar-refractivity contribution is -0.127. The zero-order valence-electron chi connectivity index (χ0n) is 24.4. The molecule has 4 aromatic rings. The van der Waals surface area contributed by atoms with Crippen molar-refractivity contribution in [2.45, 2.75) is 44.8 Å². The van der Waals surface area contributed by atoms with Crippen LogP contribution in [-0.2, 0) is 11.3 Å². The van der Waals surface area contributed by atoms with Gasteiger partial charge in [0.2, 0.25) is 11.8 Å². The monoisotopic (exact) mass is 636 g/mol. The number of benzene rings is 3. The molecule has 0 radical (unpaired) electrons. The van der Waals surface area contributed by atoms with Gasteiger partial charge in [-0.2, -0.15) is 5.10 Å². The predicted octanol–water partition coefficient (Wildman–Crippen LogP) is 7.02. The van der Waals surface area contributed by atoms with Gasteiger partial charge in [-0.25, -0.2) is 13.9 Å². The average molecular weight is 638 g/mol. The summed E-state index contributed by atoms with van der Waals surface area (Å²) in [6.07, 6.45) is 2.05. The summed E-state index contributed by atoms with van der Waals surface area (Å²) in [4.78, 5) is 28.2. The maximum Gasteiger partial charge on any atom is 0.335 e. The number of amides is 1. The van der Waals surface area contributed by atoms with E-state index in [1.54, 1.807) is 47.1 Å². The molecule has 2 aliphatic heterocycles. The number of rotatable bonds is 6. The Hall–Kier alpha value is -3.92. The molecule has 2 aliphatic rings. The number of likely N-dealkylation sites (tertiary alicyclic amines) is 1. The van der Waals surface area contributed by atoms with Gasteiger partial charge in [0.05, 0.1) is 27.5 Å². The Labute approximate surface area is 264 Å². The minimum atomic E-state index is -1.26. The zero-order valence-corrected chi connectivity index (χ0v) is 25.9. The van der Waals surface area contributed by atoms with Crippen molar-refractivity contribution < 1.29 is 23.8 Å². The van der Waals surface area contributed by atoms with Gasteiger partial charge in [-0.05, 0) is 68.8 Å². The van der Waals surface area contributed by atoms with Crippen LogP contribution in [0.1, 0.15) is 42.6 Å². The second-order valence-electron chi connectivity index (χ2n) is 11.7. The van der Waals surface area contributed by atoms with Gasteiger partial charge in [0, 0.05) is 35.6 Å². The predicted molar refractivity (Wildman–Crippen MR) is 168 cm³/mol. The number of ether oxygens (including phenoxy) is 1. The van der Waals surface area contributed by atoms with Gasteiger partial charge >= 0.3 is 5.97 Å². The minimum absolute atomic E-state index is 0.0315. The van der Waals surface area contributed by atoms with E-state index in [9.17, 15) is 14.7 Å². The van der Waals surface area contributed by atoms with Gasteiger partial charge in [-0.15, -0.1) is 0 Å². The molecule has 1 saturated heterocycles. The van der Waals surface area contributed by atoms with E-state index in [0.717, 1.165) is 5.57 Å². The summed E-state index contributed by atoms with van der Waals surface area (Å²) in [5.74, 6) is -2.48. The molecule has 0 spiro atoms. The first kappa shape index (κ1) is 30.1. The number of allylic oxidation sites excluding steroid dienone is 1. The van der Waals surface area contributed by atoms with Crippen LogP contribution in [0, 0.1) is 11.7 Å². The molecular formula is C33H31Cl2FN4O4. The molecule has 6 rings (SSSR count). The van der Waals surface area contributed by atoms with Crippen molar-refractivity contribution in [2.24, 2.45) is 5.92 Å². The molecule has 0 saturated carbocycles. The summed E-state index contributed by atoms with van der Waals surface area (Å²) < 4.78 is 24.1. The lowest BCUT2D eigenvalue weighted by Crippen LogP contribution is -2.56. The SMILES string of the molecule is CC(C)=CCN1[C@H]2COc3c4ccc(C(=O)O)cc4nn3C[C@H]2[C@H](c2cccc(Cl)c2F)[C@]1(C)C(=O)Nc1cccc(Cl)c1. The standard InChI is InChI=1S/C33H31Cl2FN4O4/c1-18(2)12-13-39-27-17-44-30-22-11-10-19(31(41)42)14-26(22)38-40(30)16-24(27)28(23-8-5-9-25(35)29(23)36)33(39,3)32(43)37-21-7-4-6-20(34)15-21/h4-12,14-15,24,27-28H,13,16-17H2,1-3H3,(H,37,43)(H,41,42)/t24-,27+,28+,33-/m1/s1. The minimum Gasteiger partial charge on any atom is -0.478 e. The van der Waals surface area contributed by atoms with E-state index in [0.29, 0.717) is 46.1 Å². The van der Waals surface area contributed by atoms with Crippen molar-refractivity contribution in [2.75, 3.05) is 18.5 Å². The number of anilines is 1. The van der Waals surface area contributed by atoms with E-state index in [4.69, 9.17) is 33.0 Å². The summed E-state index contributed by atoms with van der Waals surface area (Å²) >= 11 is 12.6. The molecule has 0 aliphatic carbocycles. The largest absolute Gasteiger partial charge is 0.478 e. The Morgan fingerprint density at radius 1 is 1.16 bits per heavy atom. The molecule has 1 fully saturated rings. The van der Waals surface area contributed by atoms with E-state index >= 15 is 4.39 Å².